The number of hydrogen-bond acceptors (Lipinski definition) is 3. The molecule has 0 unspecified atom stereocenters. The second-order valence-corrected chi connectivity index (χ2v) is 5.67. The van der Waals surface area contributed by atoms with Crippen LogP contribution in [0, 0.1) is 0 Å². The van der Waals surface area contributed by atoms with Crippen molar-refractivity contribution in [2.45, 2.75) is 64.6 Å². The Labute approximate surface area is 115 Å². The van der Waals surface area contributed by atoms with Crippen molar-refractivity contribution in [3.8, 4) is 0 Å². The Morgan fingerprint density at radius 1 is 1.37 bits per heavy atom. The third-order valence-corrected chi connectivity index (χ3v) is 4.31. The lowest BCUT2D eigenvalue weighted by molar-refractivity contribution is -0.0209. The smallest absolute Gasteiger partial charge is 0.109 e. The fourth-order valence-electron chi connectivity index (χ4n) is 3.34. The fraction of sp³-hybridized carbons (Fsp3) is 0.800. The van der Waals surface area contributed by atoms with Crippen LogP contribution in [0.25, 0.3) is 0 Å². The highest BCUT2D eigenvalue weighted by atomic mass is 16.5. The van der Waals surface area contributed by atoms with Gasteiger partial charge < -0.3 is 14.6 Å². The number of rotatable bonds is 5. The van der Waals surface area contributed by atoms with Gasteiger partial charge in [-0.15, -0.1) is 0 Å². The van der Waals surface area contributed by atoms with E-state index in [4.69, 9.17) is 9.72 Å². The van der Waals surface area contributed by atoms with E-state index in [-0.39, 0.29) is 0 Å². The number of hydrogen-bond donors (Lipinski definition) is 1. The zero-order valence-corrected chi connectivity index (χ0v) is 12.1. The van der Waals surface area contributed by atoms with Crippen molar-refractivity contribution in [1.29, 1.82) is 0 Å². The predicted octanol–water partition coefficient (Wildman–Crippen LogP) is 2.22. The Balaban J connectivity index is 1.81. The number of aromatic nitrogens is 2. The van der Waals surface area contributed by atoms with Crippen molar-refractivity contribution in [1.82, 2.24) is 14.9 Å². The molecule has 1 fully saturated rings. The van der Waals surface area contributed by atoms with E-state index in [1.54, 1.807) is 0 Å². The quantitative estimate of drug-likeness (QED) is 0.885. The van der Waals surface area contributed by atoms with E-state index < -0.39 is 0 Å². The predicted molar refractivity (Wildman–Crippen MR) is 75.3 cm³/mol. The van der Waals surface area contributed by atoms with Gasteiger partial charge in [-0.3, -0.25) is 0 Å². The van der Waals surface area contributed by atoms with Crippen molar-refractivity contribution < 1.29 is 4.74 Å². The summed E-state index contributed by atoms with van der Waals surface area (Å²) in [5.74, 6) is 1.30. The molecule has 1 aliphatic carbocycles. The van der Waals surface area contributed by atoms with E-state index in [1.165, 1.54) is 36.5 Å². The lowest BCUT2D eigenvalue weighted by Gasteiger charge is -2.38. The van der Waals surface area contributed by atoms with Crippen LogP contribution in [0.4, 0.5) is 0 Å². The molecule has 3 rings (SSSR count). The van der Waals surface area contributed by atoms with Gasteiger partial charge in [-0.25, -0.2) is 4.98 Å². The highest BCUT2D eigenvalue weighted by molar-refractivity contribution is 5.22. The zero-order valence-electron chi connectivity index (χ0n) is 12.1. The molecule has 0 radical (unpaired) electrons. The molecule has 1 saturated carbocycles. The van der Waals surface area contributed by atoms with Gasteiger partial charge in [-0.2, -0.15) is 0 Å². The number of nitrogens with zero attached hydrogens (tertiary/aromatic N) is 2. The Kier molecular flexibility index (Phi) is 3.89. The van der Waals surface area contributed by atoms with Gasteiger partial charge in [0.15, 0.2) is 0 Å². The van der Waals surface area contributed by atoms with Crippen LogP contribution in [0.3, 0.4) is 0 Å². The van der Waals surface area contributed by atoms with Crippen LogP contribution in [0.2, 0.25) is 0 Å². The van der Waals surface area contributed by atoms with Crippen molar-refractivity contribution in [2.24, 2.45) is 0 Å². The molecule has 4 nitrogen and oxygen atoms in total. The Hall–Kier alpha value is -0.870. The van der Waals surface area contributed by atoms with Gasteiger partial charge in [0.1, 0.15) is 5.82 Å². The van der Waals surface area contributed by atoms with Crippen molar-refractivity contribution >= 4 is 0 Å². The molecule has 1 aromatic rings. The minimum Gasteiger partial charge on any atom is -0.378 e. The molecule has 2 heterocycles. The molecule has 1 aromatic heterocycles. The van der Waals surface area contributed by atoms with Crippen LogP contribution < -0.4 is 5.32 Å². The first-order chi connectivity index (χ1) is 9.33. The molecule has 0 spiro atoms. The third-order valence-electron chi connectivity index (χ3n) is 4.31. The van der Waals surface area contributed by atoms with E-state index in [9.17, 15) is 0 Å². The summed E-state index contributed by atoms with van der Waals surface area (Å²) in [6.45, 7) is 7.19. The zero-order chi connectivity index (χ0) is 13.2. The number of fused-ring (bicyclic) bond motifs is 1. The van der Waals surface area contributed by atoms with E-state index in [1.807, 2.05) is 0 Å². The van der Waals surface area contributed by atoms with Crippen LogP contribution in [-0.4, -0.2) is 28.8 Å². The Morgan fingerprint density at radius 2 is 2.21 bits per heavy atom. The number of nitrogens with one attached hydrogen (secondary N) is 1. The molecule has 0 amide bonds. The van der Waals surface area contributed by atoms with Crippen LogP contribution in [0.15, 0.2) is 0 Å². The summed E-state index contributed by atoms with van der Waals surface area (Å²) in [7, 11) is 0. The molecule has 106 valence electrons. The monoisotopic (exact) mass is 263 g/mol. The maximum absolute atomic E-state index is 5.70. The first-order valence-electron chi connectivity index (χ1n) is 7.74. The molecular weight excluding hydrogens is 238 g/mol. The van der Waals surface area contributed by atoms with Gasteiger partial charge in [0.2, 0.25) is 0 Å². The molecule has 0 bridgehead atoms. The summed E-state index contributed by atoms with van der Waals surface area (Å²) in [6.07, 6.45) is 6.21. The molecule has 1 aliphatic heterocycles. The van der Waals surface area contributed by atoms with Crippen molar-refractivity contribution in [3.05, 3.63) is 17.2 Å². The SMILES string of the molecule is CCCc1nc2c(n1C1CC(OCC)C1)CCNC2. The summed E-state index contributed by atoms with van der Waals surface area (Å²) in [4.78, 5) is 4.87. The number of aryl methyl sites for hydroxylation is 1. The molecule has 0 atom stereocenters. The standard InChI is InChI=1S/C15H25N3O/c1-3-5-15-17-13-10-16-7-6-14(13)18(15)11-8-12(9-11)19-4-2/h11-12,16H,3-10H2,1-2H3. The van der Waals surface area contributed by atoms with Gasteiger partial charge in [0.05, 0.1) is 11.8 Å². The molecule has 4 heteroatoms. The first-order valence-corrected chi connectivity index (χ1v) is 7.74. The summed E-state index contributed by atoms with van der Waals surface area (Å²) in [6, 6.07) is 0.632. The van der Waals surface area contributed by atoms with Crippen LogP contribution in [0.5, 0.6) is 0 Å². The normalized spacial score (nSPS) is 26.0. The molecule has 2 aliphatic rings. The molecule has 0 saturated heterocycles. The molecule has 19 heavy (non-hydrogen) atoms. The maximum atomic E-state index is 5.70. The molecular formula is C15H25N3O. The van der Waals surface area contributed by atoms with Gasteiger partial charge in [0, 0.05) is 44.3 Å². The molecule has 0 aromatic carbocycles. The highest BCUT2D eigenvalue weighted by Gasteiger charge is 2.34. The van der Waals surface area contributed by atoms with Crippen LogP contribution >= 0.6 is 0 Å². The fourth-order valence-corrected chi connectivity index (χ4v) is 3.34. The molecule has 1 N–H and O–H groups in total. The summed E-state index contributed by atoms with van der Waals surface area (Å²) in [5, 5.41) is 3.43. The second-order valence-electron chi connectivity index (χ2n) is 5.67. The van der Waals surface area contributed by atoms with Crippen LogP contribution in [0.1, 0.15) is 56.4 Å². The Morgan fingerprint density at radius 3 is 2.95 bits per heavy atom. The van der Waals surface area contributed by atoms with Gasteiger partial charge in [0.25, 0.3) is 0 Å². The number of ether oxygens (including phenoxy) is 1. The lowest BCUT2D eigenvalue weighted by atomic mass is 9.88. The summed E-state index contributed by atoms with van der Waals surface area (Å²) >= 11 is 0. The van der Waals surface area contributed by atoms with E-state index >= 15 is 0 Å². The summed E-state index contributed by atoms with van der Waals surface area (Å²) in [5.41, 5.74) is 2.77. The minimum atomic E-state index is 0.476. The van der Waals surface area contributed by atoms with E-state index in [2.05, 4.69) is 23.7 Å². The average molecular weight is 263 g/mol. The van der Waals surface area contributed by atoms with E-state index in [0.717, 1.165) is 32.5 Å². The first kappa shape index (κ1) is 13.1. The lowest BCUT2D eigenvalue weighted by Crippen LogP contribution is -2.36. The summed E-state index contributed by atoms with van der Waals surface area (Å²) < 4.78 is 8.25. The largest absolute Gasteiger partial charge is 0.378 e. The van der Waals surface area contributed by atoms with Gasteiger partial charge >= 0.3 is 0 Å². The van der Waals surface area contributed by atoms with Crippen molar-refractivity contribution in [2.75, 3.05) is 13.2 Å². The minimum absolute atomic E-state index is 0.476. The maximum Gasteiger partial charge on any atom is 0.109 e. The average Bonchev–Trinajstić information content (AvgIpc) is 2.72. The second kappa shape index (κ2) is 5.63. The van der Waals surface area contributed by atoms with Crippen LogP contribution in [-0.2, 0) is 24.1 Å². The van der Waals surface area contributed by atoms with E-state index in [0.29, 0.717) is 12.1 Å². The topological polar surface area (TPSA) is 39.1 Å². The highest BCUT2D eigenvalue weighted by Crippen LogP contribution is 2.37. The van der Waals surface area contributed by atoms with Gasteiger partial charge in [-0.1, -0.05) is 6.92 Å². The number of imidazole rings is 1. The van der Waals surface area contributed by atoms with Gasteiger partial charge in [-0.05, 0) is 26.2 Å². The Bertz CT molecular complexity index is 435. The third kappa shape index (κ3) is 2.43. The van der Waals surface area contributed by atoms with Crippen molar-refractivity contribution in [3.63, 3.8) is 0 Å².